The monoisotopic (exact) mass is 249 g/mol. The van der Waals surface area contributed by atoms with Crippen molar-refractivity contribution in [1.82, 2.24) is 0 Å². The molecule has 0 aliphatic heterocycles. The molecule has 0 N–H and O–H groups in total. The van der Waals surface area contributed by atoms with Crippen LogP contribution in [0, 0.1) is 17.5 Å². The summed E-state index contributed by atoms with van der Waals surface area (Å²) in [5.74, 6) is -2.98. The van der Waals surface area contributed by atoms with Gasteiger partial charge in [0.1, 0.15) is 5.82 Å². The van der Waals surface area contributed by atoms with Crippen LogP contribution in [0.4, 0.5) is 18.9 Å². The molecule has 0 aliphatic carbocycles. The van der Waals surface area contributed by atoms with E-state index in [9.17, 15) is 13.2 Å². The predicted molar refractivity (Wildman–Crippen MR) is 64.6 cm³/mol. The Balaban J connectivity index is 2.16. The van der Waals surface area contributed by atoms with Gasteiger partial charge in [-0.3, -0.25) is 4.99 Å². The van der Waals surface area contributed by atoms with Crippen LogP contribution >= 0.6 is 0 Å². The third-order valence-electron chi connectivity index (χ3n) is 2.43. The molecule has 18 heavy (non-hydrogen) atoms. The Morgan fingerprint density at radius 2 is 1.56 bits per heavy atom. The van der Waals surface area contributed by atoms with Crippen LogP contribution in [0.15, 0.2) is 47.5 Å². The van der Waals surface area contributed by atoms with Gasteiger partial charge >= 0.3 is 0 Å². The second kappa shape index (κ2) is 5.49. The minimum absolute atomic E-state index is 0.0929. The van der Waals surface area contributed by atoms with Gasteiger partial charge in [-0.15, -0.1) is 0 Å². The van der Waals surface area contributed by atoms with E-state index in [0.717, 1.165) is 12.1 Å². The fraction of sp³-hybridized carbons (Fsp3) is 0.0714. The van der Waals surface area contributed by atoms with Crippen molar-refractivity contribution in [2.45, 2.75) is 6.42 Å². The van der Waals surface area contributed by atoms with Crippen molar-refractivity contribution in [3.8, 4) is 0 Å². The first-order chi connectivity index (χ1) is 8.68. The van der Waals surface area contributed by atoms with Crippen LogP contribution in [-0.2, 0) is 6.42 Å². The van der Waals surface area contributed by atoms with E-state index in [0.29, 0.717) is 5.69 Å². The van der Waals surface area contributed by atoms with Crippen molar-refractivity contribution < 1.29 is 13.2 Å². The van der Waals surface area contributed by atoms with Crippen molar-refractivity contribution in [2.75, 3.05) is 0 Å². The fourth-order valence-electron chi connectivity index (χ4n) is 1.51. The third kappa shape index (κ3) is 2.77. The third-order valence-corrected chi connectivity index (χ3v) is 2.43. The highest BCUT2D eigenvalue weighted by molar-refractivity contribution is 5.66. The highest BCUT2D eigenvalue weighted by Gasteiger charge is 2.12. The van der Waals surface area contributed by atoms with E-state index >= 15 is 0 Å². The van der Waals surface area contributed by atoms with Crippen molar-refractivity contribution in [2.24, 2.45) is 4.99 Å². The molecule has 0 spiro atoms. The number of hydrogen-bond acceptors (Lipinski definition) is 1. The van der Waals surface area contributed by atoms with E-state index in [2.05, 4.69) is 4.99 Å². The Labute approximate surface area is 103 Å². The van der Waals surface area contributed by atoms with E-state index in [1.165, 1.54) is 6.21 Å². The molecule has 2 rings (SSSR count). The predicted octanol–water partition coefficient (Wildman–Crippen LogP) is 4.05. The summed E-state index contributed by atoms with van der Waals surface area (Å²) in [6, 6.07) is 10.6. The molecule has 0 unspecified atom stereocenters. The van der Waals surface area contributed by atoms with Crippen LogP contribution in [0.5, 0.6) is 0 Å². The maximum atomic E-state index is 13.3. The standard InChI is InChI=1S/C14H10F3N/c15-12-6-7-13(16)14(17)11(12)8-9-18-10-4-2-1-3-5-10/h1-7,9H,8H2. The lowest BCUT2D eigenvalue weighted by atomic mass is 10.1. The molecular formula is C14H10F3N. The zero-order valence-electron chi connectivity index (χ0n) is 9.41. The Hall–Kier alpha value is -2.10. The van der Waals surface area contributed by atoms with Gasteiger partial charge in [-0.1, -0.05) is 18.2 Å². The number of benzene rings is 2. The highest BCUT2D eigenvalue weighted by atomic mass is 19.2. The number of aliphatic imine (C=N–C) groups is 1. The maximum Gasteiger partial charge on any atom is 0.165 e. The van der Waals surface area contributed by atoms with Crippen LogP contribution in [0.3, 0.4) is 0 Å². The molecule has 1 nitrogen and oxygen atoms in total. The van der Waals surface area contributed by atoms with Crippen molar-refractivity contribution in [3.63, 3.8) is 0 Å². The molecule has 0 saturated carbocycles. The zero-order valence-corrected chi connectivity index (χ0v) is 9.41. The minimum atomic E-state index is -1.16. The largest absolute Gasteiger partial charge is 0.261 e. The number of hydrogen-bond donors (Lipinski definition) is 0. The number of rotatable bonds is 3. The summed E-state index contributed by atoms with van der Waals surface area (Å²) in [7, 11) is 0. The van der Waals surface area contributed by atoms with Gasteiger partial charge in [-0.05, 0) is 24.3 Å². The van der Waals surface area contributed by atoms with E-state index in [-0.39, 0.29) is 12.0 Å². The first-order valence-corrected chi connectivity index (χ1v) is 5.38. The molecular weight excluding hydrogens is 239 g/mol. The van der Waals surface area contributed by atoms with Crippen LogP contribution in [-0.4, -0.2) is 6.21 Å². The molecule has 0 heterocycles. The van der Waals surface area contributed by atoms with Crippen molar-refractivity contribution in [3.05, 3.63) is 65.5 Å². The number of para-hydroxylation sites is 1. The molecule has 0 fully saturated rings. The first-order valence-electron chi connectivity index (χ1n) is 5.38. The average molecular weight is 249 g/mol. The molecule has 0 aliphatic rings. The lowest BCUT2D eigenvalue weighted by molar-refractivity contribution is 0.484. The van der Waals surface area contributed by atoms with Gasteiger partial charge in [0.2, 0.25) is 0 Å². The normalized spacial score (nSPS) is 11.1. The van der Waals surface area contributed by atoms with Gasteiger partial charge in [0.15, 0.2) is 11.6 Å². The van der Waals surface area contributed by atoms with Crippen LogP contribution < -0.4 is 0 Å². The second-order valence-electron chi connectivity index (χ2n) is 3.67. The Morgan fingerprint density at radius 3 is 2.28 bits per heavy atom. The molecule has 2 aromatic carbocycles. The minimum Gasteiger partial charge on any atom is -0.261 e. The summed E-state index contributed by atoms with van der Waals surface area (Å²) in [5, 5.41) is 0. The van der Waals surface area contributed by atoms with Crippen molar-refractivity contribution >= 4 is 11.9 Å². The fourth-order valence-corrected chi connectivity index (χ4v) is 1.51. The van der Waals surface area contributed by atoms with Crippen LogP contribution in [0.25, 0.3) is 0 Å². The molecule has 0 radical (unpaired) electrons. The summed E-state index contributed by atoms with van der Waals surface area (Å²) in [5.41, 5.74) is 0.365. The molecule has 0 amide bonds. The van der Waals surface area contributed by atoms with Crippen LogP contribution in [0.2, 0.25) is 0 Å². The SMILES string of the molecule is Fc1ccc(F)c(CC=Nc2ccccc2)c1F. The average Bonchev–Trinajstić information content (AvgIpc) is 2.39. The van der Waals surface area contributed by atoms with E-state index in [4.69, 9.17) is 0 Å². The second-order valence-corrected chi connectivity index (χ2v) is 3.67. The number of nitrogens with zero attached hydrogens (tertiary/aromatic N) is 1. The Morgan fingerprint density at radius 1 is 0.889 bits per heavy atom. The molecule has 0 saturated heterocycles. The van der Waals surface area contributed by atoms with Gasteiger partial charge in [-0.2, -0.15) is 0 Å². The lowest BCUT2D eigenvalue weighted by Crippen LogP contribution is -1.99. The van der Waals surface area contributed by atoms with Gasteiger partial charge in [0.05, 0.1) is 5.69 Å². The summed E-state index contributed by atoms with van der Waals surface area (Å²) >= 11 is 0. The summed E-state index contributed by atoms with van der Waals surface area (Å²) in [6.45, 7) is 0. The summed E-state index contributed by atoms with van der Waals surface area (Å²) in [4.78, 5) is 4.03. The van der Waals surface area contributed by atoms with Gasteiger partial charge in [0, 0.05) is 18.2 Å². The Kier molecular flexibility index (Phi) is 3.77. The van der Waals surface area contributed by atoms with E-state index in [1.54, 1.807) is 24.3 Å². The lowest BCUT2D eigenvalue weighted by Gasteiger charge is -2.02. The quantitative estimate of drug-likeness (QED) is 0.575. The van der Waals surface area contributed by atoms with Gasteiger partial charge < -0.3 is 0 Å². The molecule has 0 aromatic heterocycles. The number of halogens is 3. The van der Waals surface area contributed by atoms with E-state index < -0.39 is 17.5 Å². The van der Waals surface area contributed by atoms with E-state index in [1.807, 2.05) is 6.07 Å². The summed E-state index contributed by atoms with van der Waals surface area (Å²) in [6.07, 6.45) is 1.26. The van der Waals surface area contributed by atoms with Gasteiger partial charge in [-0.25, -0.2) is 13.2 Å². The molecule has 0 atom stereocenters. The summed E-state index contributed by atoms with van der Waals surface area (Å²) < 4.78 is 39.5. The Bertz CT molecular complexity index is 565. The smallest absolute Gasteiger partial charge is 0.165 e. The van der Waals surface area contributed by atoms with Crippen molar-refractivity contribution in [1.29, 1.82) is 0 Å². The molecule has 92 valence electrons. The maximum absolute atomic E-state index is 13.3. The molecule has 4 heteroatoms. The molecule has 0 bridgehead atoms. The molecule has 2 aromatic rings. The van der Waals surface area contributed by atoms with Crippen LogP contribution in [0.1, 0.15) is 5.56 Å². The van der Waals surface area contributed by atoms with Gasteiger partial charge in [0.25, 0.3) is 0 Å². The topological polar surface area (TPSA) is 12.4 Å². The zero-order chi connectivity index (χ0) is 13.0. The first kappa shape index (κ1) is 12.4. The highest BCUT2D eigenvalue weighted by Crippen LogP contribution is 2.16.